The first-order valence-electron chi connectivity index (χ1n) is 4.83. The molecule has 0 radical (unpaired) electrons. The van der Waals surface area contributed by atoms with E-state index in [2.05, 4.69) is 0 Å². The molecule has 0 saturated carbocycles. The van der Waals surface area contributed by atoms with Crippen LogP contribution in [0.3, 0.4) is 0 Å². The van der Waals surface area contributed by atoms with Crippen LogP contribution in [0.4, 0.5) is 0 Å². The third kappa shape index (κ3) is 3.09. The maximum absolute atomic E-state index is 12.1. The van der Waals surface area contributed by atoms with Crippen LogP contribution in [0.2, 0.25) is 0 Å². The van der Waals surface area contributed by atoms with Crippen LogP contribution in [0.1, 0.15) is 34.6 Å². The molecule has 0 spiro atoms. The zero-order chi connectivity index (χ0) is 11.4. The van der Waals surface area contributed by atoms with Crippen LogP contribution in [0.15, 0.2) is 0 Å². The van der Waals surface area contributed by atoms with Crippen molar-refractivity contribution in [1.82, 2.24) is 4.67 Å². The molecular formula is C9H19N2O2P. The lowest BCUT2D eigenvalue weighted by atomic mass is 10.3. The van der Waals surface area contributed by atoms with Gasteiger partial charge in [0.2, 0.25) is 0 Å². The Bertz CT molecular complexity index is 250. The van der Waals surface area contributed by atoms with Gasteiger partial charge in [-0.2, -0.15) is 5.26 Å². The minimum atomic E-state index is -3.28. The van der Waals surface area contributed by atoms with Crippen LogP contribution >= 0.6 is 7.52 Å². The smallest absolute Gasteiger partial charge is 0.307 e. The summed E-state index contributed by atoms with van der Waals surface area (Å²) in [6.45, 7) is 9.65. The van der Waals surface area contributed by atoms with Gasteiger partial charge in [0, 0.05) is 12.1 Å². The molecule has 0 aromatic carbocycles. The summed E-state index contributed by atoms with van der Waals surface area (Å²) >= 11 is 0. The van der Waals surface area contributed by atoms with E-state index in [1.165, 1.54) is 0 Å². The highest BCUT2D eigenvalue weighted by atomic mass is 31.2. The quantitative estimate of drug-likeness (QED) is 0.666. The Labute approximate surface area is 86.4 Å². The molecule has 4 nitrogen and oxygen atoms in total. The molecular weight excluding hydrogens is 199 g/mol. The zero-order valence-corrected chi connectivity index (χ0v) is 10.4. The number of rotatable bonds is 5. The summed E-state index contributed by atoms with van der Waals surface area (Å²) in [6, 6.07) is 0.0686. The SMILES string of the molecule is CCOP(=O)(C#N)N(C(C)C)C(C)C. The van der Waals surface area contributed by atoms with Crippen molar-refractivity contribution in [3.8, 4) is 5.81 Å². The highest BCUT2D eigenvalue weighted by Gasteiger charge is 2.35. The third-order valence-electron chi connectivity index (χ3n) is 1.79. The molecule has 0 heterocycles. The Kier molecular flexibility index (Phi) is 5.36. The number of hydrogen-bond donors (Lipinski definition) is 0. The minimum absolute atomic E-state index is 0.0343. The molecule has 0 aliphatic rings. The van der Waals surface area contributed by atoms with Gasteiger partial charge in [0.1, 0.15) is 0 Å². The Balaban J connectivity index is 4.97. The number of nitriles is 1. The van der Waals surface area contributed by atoms with E-state index in [9.17, 15) is 4.57 Å². The van der Waals surface area contributed by atoms with Gasteiger partial charge in [0.05, 0.1) is 6.61 Å². The predicted octanol–water partition coefficient (Wildman–Crippen LogP) is 2.82. The van der Waals surface area contributed by atoms with Crippen molar-refractivity contribution in [2.24, 2.45) is 0 Å². The van der Waals surface area contributed by atoms with Crippen LogP contribution < -0.4 is 0 Å². The summed E-state index contributed by atoms with van der Waals surface area (Å²) in [5.41, 5.74) is 0. The Morgan fingerprint density at radius 3 is 2.00 bits per heavy atom. The summed E-state index contributed by atoms with van der Waals surface area (Å²) < 4.78 is 18.8. The molecule has 14 heavy (non-hydrogen) atoms. The summed E-state index contributed by atoms with van der Waals surface area (Å²) in [4.78, 5) is 0. The molecule has 0 fully saturated rings. The van der Waals surface area contributed by atoms with Gasteiger partial charge in [-0.05, 0) is 34.6 Å². The van der Waals surface area contributed by atoms with Gasteiger partial charge >= 0.3 is 7.52 Å². The molecule has 1 unspecified atom stereocenters. The van der Waals surface area contributed by atoms with E-state index >= 15 is 0 Å². The summed E-state index contributed by atoms with van der Waals surface area (Å²) in [5, 5.41) is 8.90. The molecule has 1 atom stereocenters. The number of nitrogens with zero attached hydrogens (tertiary/aromatic N) is 2. The average Bonchev–Trinajstić information content (AvgIpc) is 2.03. The Morgan fingerprint density at radius 1 is 1.36 bits per heavy atom. The molecule has 0 aliphatic heterocycles. The van der Waals surface area contributed by atoms with Crippen molar-refractivity contribution in [3.63, 3.8) is 0 Å². The Hall–Kier alpha value is -0.360. The maximum atomic E-state index is 12.1. The first-order chi connectivity index (χ1) is 6.39. The summed E-state index contributed by atoms with van der Waals surface area (Å²) in [5.74, 6) is 1.80. The van der Waals surface area contributed by atoms with Crippen molar-refractivity contribution in [1.29, 1.82) is 5.26 Å². The summed E-state index contributed by atoms with van der Waals surface area (Å²) in [7, 11) is -3.28. The normalized spacial score (nSPS) is 15.9. The van der Waals surface area contributed by atoms with E-state index in [0.29, 0.717) is 6.61 Å². The third-order valence-corrected chi connectivity index (χ3v) is 4.19. The average molecular weight is 218 g/mol. The zero-order valence-electron chi connectivity index (χ0n) is 9.52. The van der Waals surface area contributed by atoms with Crippen molar-refractivity contribution in [2.45, 2.75) is 46.7 Å². The molecule has 0 bridgehead atoms. The van der Waals surface area contributed by atoms with Gasteiger partial charge in [-0.1, -0.05) is 0 Å². The lowest BCUT2D eigenvalue weighted by molar-refractivity contribution is 0.231. The van der Waals surface area contributed by atoms with Gasteiger partial charge in [-0.15, -0.1) is 0 Å². The van der Waals surface area contributed by atoms with Crippen LogP contribution in [0.5, 0.6) is 0 Å². The fraction of sp³-hybridized carbons (Fsp3) is 0.889. The van der Waals surface area contributed by atoms with Crippen LogP contribution in [0.25, 0.3) is 0 Å². The molecule has 0 N–H and O–H groups in total. The highest BCUT2D eigenvalue weighted by molar-refractivity contribution is 7.61. The fourth-order valence-electron chi connectivity index (χ4n) is 1.53. The van der Waals surface area contributed by atoms with Gasteiger partial charge in [-0.3, -0.25) is 4.57 Å². The van der Waals surface area contributed by atoms with Crippen LogP contribution in [-0.4, -0.2) is 23.4 Å². The standard InChI is InChI=1S/C9H19N2O2P/c1-6-13-14(12,7-10)11(8(2)3)9(4)5/h8-9H,6H2,1-5H3. The van der Waals surface area contributed by atoms with Crippen molar-refractivity contribution in [3.05, 3.63) is 0 Å². The topological polar surface area (TPSA) is 53.3 Å². The lowest BCUT2D eigenvalue weighted by Gasteiger charge is -2.32. The second-order valence-corrected chi connectivity index (χ2v) is 5.57. The monoisotopic (exact) mass is 218 g/mol. The first-order valence-corrected chi connectivity index (χ1v) is 6.41. The molecule has 0 aromatic heterocycles. The van der Waals surface area contributed by atoms with E-state index in [1.54, 1.807) is 17.4 Å². The van der Waals surface area contributed by atoms with Crippen LogP contribution in [0, 0.1) is 11.1 Å². The molecule has 82 valence electrons. The fourth-order valence-corrected chi connectivity index (χ4v) is 3.39. The largest absolute Gasteiger partial charge is 0.371 e. The van der Waals surface area contributed by atoms with Crippen molar-refractivity contribution >= 4 is 7.52 Å². The molecule has 0 rings (SSSR count). The molecule has 0 aromatic rings. The van der Waals surface area contributed by atoms with Crippen molar-refractivity contribution in [2.75, 3.05) is 6.61 Å². The van der Waals surface area contributed by atoms with E-state index in [4.69, 9.17) is 9.79 Å². The van der Waals surface area contributed by atoms with E-state index < -0.39 is 7.52 Å². The van der Waals surface area contributed by atoms with E-state index in [1.807, 2.05) is 27.7 Å². The predicted molar refractivity (Wildman–Crippen MR) is 57.0 cm³/mol. The van der Waals surface area contributed by atoms with Gasteiger partial charge < -0.3 is 4.52 Å². The van der Waals surface area contributed by atoms with Gasteiger partial charge in [-0.25, -0.2) is 4.67 Å². The van der Waals surface area contributed by atoms with Crippen molar-refractivity contribution < 1.29 is 9.09 Å². The summed E-state index contributed by atoms with van der Waals surface area (Å²) in [6.07, 6.45) is 0. The molecule has 5 heteroatoms. The minimum Gasteiger partial charge on any atom is -0.307 e. The first kappa shape index (κ1) is 13.6. The molecule has 0 amide bonds. The molecule has 0 saturated heterocycles. The maximum Gasteiger partial charge on any atom is 0.371 e. The second kappa shape index (κ2) is 5.50. The number of hydrogen-bond acceptors (Lipinski definition) is 3. The van der Waals surface area contributed by atoms with Gasteiger partial charge in [0.25, 0.3) is 0 Å². The van der Waals surface area contributed by atoms with E-state index in [0.717, 1.165) is 0 Å². The Morgan fingerprint density at radius 2 is 1.79 bits per heavy atom. The van der Waals surface area contributed by atoms with Crippen LogP contribution in [-0.2, 0) is 9.09 Å². The molecule has 0 aliphatic carbocycles. The van der Waals surface area contributed by atoms with E-state index in [-0.39, 0.29) is 12.1 Å². The van der Waals surface area contributed by atoms with Gasteiger partial charge in [0.15, 0.2) is 5.81 Å². The second-order valence-electron chi connectivity index (χ2n) is 3.61. The lowest BCUT2D eigenvalue weighted by Crippen LogP contribution is -2.34. The highest BCUT2D eigenvalue weighted by Crippen LogP contribution is 2.51.